The second-order valence-corrected chi connectivity index (χ2v) is 5.57. The second-order valence-electron chi connectivity index (χ2n) is 5.17. The van der Waals surface area contributed by atoms with Gasteiger partial charge in [0.25, 0.3) is 0 Å². The van der Waals surface area contributed by atoms with Crippen LogP contribution in [0.2, 0.25) is 5.02 Å². The number of nitrogens with two attached hydrogens (primary N) is 1. The molecule has 2 N–H and O–H groups in total. The van der Waals surface area contributed by atoms with Gasteiger partial charge in [-0.2, -0.15) is 0 Å². The molecular weight excluding hydrogens is 286 g/mol. The summed E-state index contributed by atoms with van der Waals surface area (Å²) in [6.07, 6.45) is 0.444. The predicted octanol–water partition coefficient (Wildman–Crippen LogP) is 2.36. The predicted molar refractivity (Wildman–Crippen MR) is 88.3 cm³/mol. The van der Waals surface area contributed by atoms with Crippen molar-refractivity contribution in [2.75, 3.05) is 26.7 Å². The van der Waals surface area contributed by atoms with Gasteiger partial charge in [0.15, 0.2) is 0 Å². The van der Waals surface area contributed by atoms with Crippen molar-refractivity contribution in [2.45, 2.75) is 32.9 Å². The number of likely N-dealkylation sites (N-methyl/N-ethyl adjacent to an activating group) is 1. The zero-order chi connectivity index (χ0) is 15.8. The van der Waals surface area contributed by atoms with Crippen molar-refractivity contribution in [1.29, 1.82) is 0 Å². The SMILES string of the molecule is CCN(CC)C(=O)CC(CN)N(C)Cc1ccccc1Cl. The van der Waals surface area contributed by atoms with Gasteiger partial charge >= 0.3 is 0 Å². The first-order chi connectivity index (χ1) is 10.0. The molecule has 0 fully saturated rings. The molecule has 1 unspecified atom stereocenters. The molecule has 118 valence electrons. The van der Waals surface area contributed by atoms with Crippen molar-refractivity contribution in [3.8, 4) is 0 Å². The molecule has 0 aliphatic carbocycles. The molecule has 5 heteroatoms. The summed E-state index contributed by atoms with van der Waals surface area (Å²) in [6, 6.07) is 7.78. The van der Waals surface area contributed by atoms with Crippen LogP contribution < -0.4 is 5.73 Å². The van der Waals surface area contributed by atoms with E-state index in [2.05, 4.69) is 4.90 Å². The number of amides is 1. The number of carbonyl (C=O) groups is 1. The van der Waals surface area contributed by atoms with Crippen LogP contribution in [0, 0.1) is 0 Å². The highest BCUT2D eigenvalue weighted by Crippen LogP contribution is 2.18. The average Bonchev–Trinajstić information content (AvgIpc) is 2.48. The van der Waals surface area contributed by atoms with Crippen LogP contribution in [0.4, 0.5) is 0 Å². The highest BCUT2D eigenvalue weighted by molar-refractivity contribution is 6.31. The van der Waals surface area contributed by atoms with Crippen LogP contribution in [0.5, 0.6) is 0 Å². The minimum Gasteiger partial charge on any atom is -0.343 e. The van der Waals surface area contributed by atoms with E-state index in [1.54, 1.807) is 0 Å². The Morgan fingerprint density at radius 2 is 1.90 bits per heavy atom. The lowest BCUT2D eigenvalue weighted by Crippen LogP contribution is -2.42. The number of halogens is 1. The van der Waals surface area contributed by atoms with Crippen LogP contribution >= 0.6 is 11.6 Å². The summed E-state index contributed by atoms with van der Waals surface area (Å²) in [5, 5.41) is 0.746. The van der Waals surface area contributed by atoms with Gasteiger partial charge in [0.1, 0.15) is 0 Å². The lowest BCUT2D eigenvalue weighted by molar-refractivity contribution is -0.132. The Balaban J connectivity index is 2.67. The fourth-order valence-corrected chi connectivity index (χ4v) is 2.55. The molecule has 0 heterocycles. The Kier molecular flexibility index (Phi) is 7.72. The number of nitrogens with zero attached hydrogens (tertiary/aromatic N) is 2. The van der Waals surface area contributed by atoms with Gasteiger partial charge in [-0.25, -0.2) is 0 Å². The van der Waals surface area contributed by atoms with E-state index in [1.165, 1.54) is 0 Å². The first kappa shape index (κ1) is 18.0. The van der Waals surface area contributed by atoms with Crippen LogP contribution in [0.3, 0.4) is 0 Å². The third-order valence-corrected chi connectivity index (χ3v) is 4.17. The minimum absolute atomic E-state index is 0.0226. The largest absolute Gasteiger partial charge is 0.343 e. The van der Waals surface area contributed by atoms with Crippen molar-refractivity contribution in [3.05, 3.63) is 34.9 Å². The second kappa shape index (κ2) is 9.03. The summed E-state index contributed by atoms with van der Waals surface area (Å²) in [5.74, 6) is 0.154. The molecule has 0 aromatic heterocycles. The molecule has 4 nitrogen and oxygen atoms in total. The molecule has 0 saturated heterocycles. The molecule has 1 rings (SSSR count). The van der Waals surface area contributed by atoms with Crippen LogP contribution in [0.1, 0.15) is 25.8 Å². The van der Waals surface area contributed by atoms with Gasteiger partial charge in [0, 0.05) is 43.7 Å². The van der Waals surface area contributed by atoms with Crippen molar-refractivity contribution in [3.63, 3.8) is 0 Å². The average molecular weight is 312 g/mol. The normalized spacial score (nSPS) is 12.5. The topological polar surface area (TPSA) is 49.6 Å². The van der Waals surface area contributed by atoms with Gasteiger partial charge < -0.3 is 10.6 Å². The number of carbonyl (C=O) groups excluding carboxylic acids is 1. The van der Waals surface area contributed by atoms with E-state index in [1.807, 2.05) is 50.1 Å². The number of hydrogen-bond donors (Lipinski definition) is 1. The Morgan fingerprint density at radius 1 is 1.29 bits per heavy atom. The van der Waals surface area contributed by atoms with E-state index in [-0.39, 0.29) is 11.9 Å². The number of hydrogen-bond acceptors (Lipinski definition) is 3. The third kappa shape index (κ3) is 5.30. The molecular formula is C16H26ClN3O. The Hall–Kier alpha value is -1.10. The van der Waals surface area contributed by atoms with Gasteiger partial charge in [0.2, 0.25) is 5.91 Å². The maximum atomic E-state index is 12.2. The summed E-state index contributed by atoms with van der Waals surface area (Å²) in [7, 11) is 1.98. The zero-order valence-electron chi connectivity index (χ0n) is 13.2. The van der Waals surface area contributed by atoms with E-state index in [4.69, 9.17) is 17.3 Å². The van der Waals surface area contributed by atoms with Crippen LogP contribution in [-0.4, -0.2) is 48.4 Å². The van der Waals surface area contributed by atoms with E-state index in [0.29, 0.717) is 19.5 Å². The highest BCUT2D eigenvalue weighted by atomic mass is 35.5. The van der Waals surface area contributed by atoms with Crippen molar-refractivity contribution in [1.82, 2.24) is 9.80 Å². The van der Waals surface area contributed by atoms with Crippen molar-refractivity contribution in [2.24, 2.45) is 5.73 Å². The quantitative estimate of drug-likeness (QED) is 0.802. The van der Waals surface area contributed by atoms with Crippen LogP contribution in [-0.2, 0) is 11.3 Å². The monoisotopic (exact) mass is 311 g/mol. The lowest BCUT2D eigenvalue weighted by atomic mass is 10.1. The maximum Gasteiger partial charge on any atom is 0.224 e. The molecule has 1 amide bonds. The smallest absolute Gasteiger partial charge is 0.224 e. The number of benzene rings is 1. The van der Waals surface area contributed by atoms with Gasteiger partial charge in [0.05, 0.1) is 0 Å². The summed E-state index contributed by atoms with van der Waals surface area (Å²) < 4.78 is 0. The van der Waals surface area contributed by atoms with E-state index in [9.17, 15) is 4.79 Å². The number of rotatable bonds is 8. The summed E-state index contributed by atoms with van der Waals surface area (Å²) >= 11 is 6.18. The zero-order valence-corrected chi connectivity index (χ0v) is 13.9. The van der Waals surface area contributed by atoms with Crippen molar-refractivity contribution < 1.29 is 4.79 Å². The van der Waals surface area contributed by atoms with E-state index in [0.717, 1.165) is 23.7 Å². The molecule has 0 saturated carbocycles. The maximum absolute atomic E-state index is 12.2. The first-order valence-electron chi connectivity index (χ1n) is 7.44. The first-order valence-corrected chi connectivity index (χ1v) is 7.82. The highest BCUT2D eigenvalue weighted by Gasteiger charge is 2.20. The minimum atomic E-state index is 0.0226. The Labute approximate surface area is 132 Å². The molecule has 21 heavy (non-hydrogen) atoms. The molecule has 0 aliphatic rings. The Bertz CT molecular complexity index is 449. The fraction of sp³-hybridized carbons (Fsp3) is 0.562. The van der Waals surface area contributed by atoms with Crippen LogP contribution in [0.25, 0.3) is 0 Å². The lowest BCUT2D eigenvalue weighted by Gasteiger charge is -2.29. The van der Waals surface area contributed by atoms with Gasteiger partial charge in [-0.15, -0.1) is 0 Å². The molecule has 0 spiro atoms. The van der Waals surface area contributed by atoms with Gasteiger partial charge in [-0.05, 0) is 32.5 Å². The summed E-state index contributed by atoms with van der Waals surface area (Å²) in [6.45, 7) is 6.60. The van der Waals surface area contributed by atoms with Gasteiger partial charge in [-0.3, -0.25) is 9.69 Å². The molecule has 1 aromatic rings. The van der Waals surface area contributed by atoms with E-state index >= 15 is 0 Å². The molecule has 0 aliphatic heterocycles. The third-order valence-electron chi connectivity index (χ3n) is 3.80. The Morgan fingerprint density at radius 3 is 2.43 bits per heavy atom. The standard InChI is InChI=1S/C16H26ClN3O/c1-4-20(5-2)16(21)10-14(11-18)19(3)12-13-8-6-7-9-15(13)17/h6-9,14H,4-5,10-12,18H2,1-3H3. The molecule has 0 radical (unpaired) electrons. The molecule has 1 aromatic carbocycles. The molecule has 1 atom stereocenters. The van der Waals surface area contributed by atoms with E-state index < -0.39 is 0 Å². The molecule has 0 bridgehead atoms. The fourth-order valence-electron chi connectivity index (χ4n) is 2.35. The van der Waals surface area contributed by atoms with Gasteiger partial charge in [-0.1, -0.05) is 29.8 Å². The van der Waals surface area contributed by atoms with Crippen LogP contribution in [0.15, 0.2) is 24.3 Å². The summed E-state index contributed by atoms with van der Waals surface area (Å²) in [4.78, 5) is 16.2. The summed E-state index contributed by atoms with van der Waals surface area (Å²) in [5.41, 5.74) is 6.90. The van der Waals surface area contributed by atoms with Crippen molar-refractivity contribution >= 4 is 17.5 Å².